The maximum atomic E-state index is 5.78. The van der Waals surface area contributed by atoms with Crippen LogP contribution in [0.2, 0.25) is 0 Å². The van der Waals surface area contributed by atoms with E-state index in [0.717, 1.165) is 16.7 Å². The summed E-state index contributed by atoms with van der Waals surface area (Å²) >= 11 is 0. The molecule has 2 aromatic carbocycles. The Morgan fingerprint density at radius 2 is 1.80 bits per heavy atom. The van der Waals surface area contributed by atoms with Crippen LogP contribution in [0.3, 0.4) is 0 Å². The molecule has 4 heteroatoms. The van der Waals surface area contributed by atoms with Crippen molar-refractivity contribution in [2.75, 3.05) is 18.9 Å². The van der Waals surface area contributed by atoms with E-state index >= 15 is 0 Å². The number of nitrogen functional groups attached to an aromatic ring is 1. The lowest BCUT2D eigenvalue weighted by Gasteiger charge is -2.42. The first-order valence-corrected chi connectivity index (χ1v) is 6.65. The average molecular weight is 265 g/mol. The summed E-state index contributed by atoms with van der Waals surface area (Å²) in [7, 11) is 0. The van der Waals surface area contributed by atoms with Crippen molar-refractivity contribution >= 4 is 16.7 Å². The average Bonchev–Trinajstić information content (AvgIpc) is 2.87. The molecule has 0 amide bonds. The first kappa shape index (κ1) is 11.5. The van der Waals surface area contributed by atoms with Gasteiger partial charge in [0.05, 0.1) is 36.0 Å². The Hall–Kier alpha value is -2.33. The summed E-state index contributed by atoms with van der Waals surface area (Å²) in [5, 5.41) is 0. The quantitative estimate of drug-likeness (QED) is 0.700. The number of nitrogens with two attached hydrogens (primary N) is 1. The predicted molar refractivity (Wildman–Crippen MR) is 78.5 cm³/mol. The highest BCUT2D eigenvalue weighted by atomic mass is 16.5. The Balaban J connectivity index is 1.85. The Morgan fingerprint density at radius 3 is 2.50 bits per heavy atom. The molecule has 1 saturated heterocycles. The van der Waals surface area contributed by atoms with Crippen LogP contribution in [0.25, 0.3) is 11.0 Å². The third kappa shape index (κ3) is 1.55. The number of aromatic amines is 1. The van der Waals surface area contributed by atoms with Crippen molar-refractivity contribution in [1.29, 1.82) is 0 Å². The van der Waals surface area contributed by atoms with Gasteiger partial charge in [-0.25, -0.2) is 4.98 Å². The van der Waals surface area contributed by atoms with E-state index in [0.29, 0.717) is 13.2 Å². The highest BCUT2D eigenvalue weighted by Gasteiger charge is 2.42. The number of imidazole rings is 1. The van der Waals surface area contributed by atoms with Crippen LogP contribution >= 0.6 is 0 Å². The third-order valence-corrected chi connectivity index (χ3v) is 4.13. The SMILES string of the molecule is Nc1ccc(C2(c3ccc4nc[nH]c4c3)COC2)cc1. The van der Waals surface area contributed by atoms with Crippen LogP contribution in [-0.2, 0) is 10.2 Å². The number of hydrogen-bond donors (Lipinski definition) is 2. The normalized spacial score (nSPS) is 17.0. The van der Waals surface area contributed by atoms with Crippen LogP contribution in [0.15, 0.2) is 48.8 Å². The molecule has 0 aliphatic carbocycles. The third-order valence-electron chi connectivity index (χ3n) is 4.13. The molecule has 0 bridgehead atoms. The summed E-state index contributed by atoms with van der Waals surface area (Å²) in [6.45, 7) is 1.41. The van der Waals surface area contributed by atoms with Crippen molar-refractivity contribution in [3.8, 4) is 0 Å². The monoisotopic (exact) mass is 265 g/mol. The maximum absolute atomic E-state index is 5.78. The molecule has 100 valence electrons. The molecule has 1 aliphatic heterocycles. The standard InChI is InChI=1S/C16H15N3O/c17-13-4-1-11(2-5-13)16(8-20-9-16)12-3-6-14-15(7-12)19-10-18-14/h1-7,10H,8-9,17H2,(H,18,19). The number of nitrogens with zero attached hydrogens (tertiary/aromatic N) is 1. The highest BCUT2D eigenvalue weighted by Crippen LogP contribution is 2.40. The minimum Gasteiger partial charge on any atom is -0.399 e. The molecule has 3 aromatic rings. The molecule has 1 aromatic heterocycles. The molecule has 1 aliphatic rings. The van der Waals surface area contributed by atoms with Gasteiger partial charge in [-0.3, -0.25) is 0 Å². The second kappa shape index (κ2) is 4.08. The molecule has 0 radical (unpaired) electrons. The fraction of sp³-hybridized carbons (Fsp3) is 0.188. The van der Waals surface area contributed by atoms with E-state index in [1.54, 1.807) is 6.33 Å². The van der Waals surface area contributed by atoms with E-state index in [1.807, 2.05) is 12.1 Å². The molecular formula is C16H15N3O. The number of hydrogen-bond acceptors (Lipinski definition) is 3. The summed E-state index contributed by atoms with van der Waals surface area (Å²) in [5.74, 6) is 0. The molecule has 3 N–H and O–H groups in total. The molecule has 0 spiro atoms. The summed E-state index contributed by atoms with van der Waals surface area (Å²) < 4.78 is 5.51. The number of rotatable bonds is 2. The van der Waals surface area contributed by atoms with E-state index in [4.69, 9.17) is 10.5 Å². The van der Waals surface area contributed by atoms with E-state index in [1.165, 1.54) is 11.1 Å². The van der Waals surface area contributed by atoms with Crippen LogP contribution < -0.4 is 5.73 Å². The second-order valence-corrected chi connectivity index (χ2v) is 5.33. The Labute approximate surface area is 116 Å². The van der Waals surface area contributed by atoms with Crippen molar-refractivity contribution in [2.45, 2.75) is 5.41 Å². The van der Waals surface area contributed by atoms with Gasteiger partial charge in [0.15, 0.2) is 0 Å². The minimum absolute atomic E-state index is 0.0625. The van der Waals surface area contributed by atoms with E-state index < -0.39 is 0 Å². The second-order valence-electron chi connectivity index (χ2n) is 5.33. The largest absolute Gasteiger partial charge is 0.399 e. The fourth-order valence-electron chi connectivity index (χ4n) is 2.84. The zero-order chi connectivity index (χ0) is 13.6. The van der Waals surface area contributed by atoms with Gasteiger partial charge in [-0.15, -0.1) is 0 Å². The molecule has 0 saturated carbocycles. The molecule has 0 unspecified atom stereocenters. The van der Waals surface area contributed by atoms with Crippen molar-refractivity contribution in [1.82, 2.24) is 9.97 Å². The van der Waals surface area contributed by atoms with Gasteiger partial charge in [0.1, 0.15) is 0 Å². The van der Waals surface area contributed by atoms with E-state index in [9.17, 15) is 0 Å². The van der Waals surface area contributed by atoms with Gasteiger partial charge in [-0.05, 0) is 35.4 Å². The number of ether oxygens (including phenoxy) is 1. The summed E-state index contributed by atoms with van der Waals surface area (Å²) in [5.41, 5.74) is 11.1. The molecule has 4 rings (SSSR count). The zero-order valence-electron chi connectivity index (χ0n) is 11.0. The lowest BCUT2D eigenvalue weighted by atomic mass is 9.73. The zero-order valence-corrected chi connectivity index (χ0v) is 11.0. The molecular weight excluding hydrogens is 250 g/mol. The van der Waals surface area contributed by atoms with Crippen LogP contribution in [0, 0.1) is 0 Å². The van der Waals surface area contributed by atoms with Gasteiger partial charge in [0.25, 0.3) is 0 Å². The van der Waals surface area contributed by atoms with Crippen molar-refractivity contribution in [3.63, 3.8) is 0 Å². The van der Waals surface area contributed by atoms with Crippen molar-refractivity contribution in [2.24, 2.45) is 0 Å². The fourth-order valence-corrected chi connectivity index (χ4v) is 2.84. The summed E-state index contributed by atoms with van der Waals surface area (Å²) in [4.78, 5) is 7.44. The molecule has 4 nitrogen and oxygen atoms in total. The summed E-state index contributed by atoms with van der Waals surface area (Å²) in [6, 6.07) is 14.4. The molecule has 1 fully saturated rings. The van der Waals surface area contributed by atoms with Crippen LogP contribution in [0.4, 0.5) is 5.69 Å². The number of fused-ring (bicyclic) bond motifs is 1. The Bertz CT molecular complexity index is 757. The first-order chi connectivity index (χ1) is 9.78. The Kier molecular flexibility index (Phi) is 2.35. The highest BCUT2D eigenvalue weighted by molar-refractivity contribution is 5.76. The first-order valence-electron chi connectivity index (χ1n) is 6.65. The van der Waals surface area contributed by atoms with E-state index in [2.05, 4.69) is 40.3 Å². The van der Waals surface area contributed by atoms with Crippen LogP contribution in [0.5, 0.6) is 0 Å². The van der Waals surface area contributed by atoms with Gasteiger partial charge >= 0.3 is 0 Å². The van der Waals surface area contributed by atoms with Crippen molar-refractivity contribution < 1.29 is 4.74 Å². The Morgan fingerprint density at radius 1 is 1.05 bits per heavy atom. The van der Waals surface area contributed by atoms with Crippen LogP contribution in [0.1, 0.15) is 11.1 Å². The molecule has 20 heavy (non-hydrogen) atoms. The van der Waals surface area contributed by atoms with Gasteiger partial charge < -0.3 is 15.5 Å². The number of anilines is 1. The number of aromatic nitrogens is 2. The van der Waals surface area contributed by atoms with E-state index in [-0.39, 0.29) is 5.41 Å². The van der Waals surface area contributed by atoms with Gasteiger partial charge in [-0.1, -0.05) is 18.2 Å². The topological polar surface area (TPSA) is 63.9 Å². The number of nitrogens with one attached hydrogen (secondary N) is 1. The van der Waals surface area contributed by atoms with Gasteiger partial charge in [0, 0.05) is 5.69 Å². The van der Waals surface area contributed by atoms with Gasteiger partial charge in [0.2, 0.25) is 0 Å². The maximum Gasteiger partial charge on any atom is 0.0931 e. The smallest absolute Gasteiger partial charge is 0.0931 e. The van der Waals surface area contributed by atoms with Crippen molar-refractivity contribution in [3.05, 3.63) is 59.9 Å². The summed E-state index contributed by atoms with van der Waals surface area (Å²) in [6.07, 6.45) is 1.72. The van der Waals surface area contributed by atoms with Crippen LogP contribution in [-0.4, -0.2) is 23.2 Å². The minimum atomic E-state index is -0.0625. The number of H-pyrrole nitrogens is 1. The predicted octanol–water partition coefficient (Wildman–Crippen LogP) is 2.46. The van der Waals surface area contributed by atoms with Gasteiger partial charge in [-0.2, -0.15) is 0 Å². The lowest BCUT2D eigenvalue weighted by Crippen LogP contribution is -2.47. The molecule has 2 heterocycles. The lowest BCUT2D eigenvalue weighted by molar-refractivity contribution is -0.0379. The number of benzene rings is 2. The molecule has 0 atom stereocenters.